The first-order chi connectivity index (χ1) is 13.6. The number of para-hydroxylation sites is 2. The molecule has 1 aliphatic heterocycles. The summed E-state index contributed by atoms with van der Waals surface area (Å²) in [4.78, 5) is 25.8. The lowest BCUT2D eigenvalue weighted by molar-refractivity contribution is -0.119. The van der Waals surface area contributed by atoms with Crippen molar-refractivity contribution in [3.05, 3.63) is 48.0 Å². The van der Waals surface area contributed by atoms with Crippen molar-refractivity contribution in [2.45, 2.75) is 0 Å². The van der Waals surface area contributed by atoms with E-state index < -0.39 is 5.91 Å². The summed E-state index contributed by atoms with van der Waals surface area (Å²) in [5.74, 6) is -0.189. The van der Waals surface area contributed by atoms with E-state index in [1.807, 2.05) is 24.3 Å². The SMILES string of the molecule is COc1cc(C(=O)Nc2ccccc2N2CCOCC2)ccc1OCC(N)=O. The van der Waals surface area contributed by atoms with Gasteiger partial charge in [0.1, 0.15) is 0 Å². The maximum Gasteiger partial charge on any atom is 0.255 e. The minimum atomic E-state index is -0.594. The van der Waals surface area contributed by atoms with Crippen LogP contribution in [-0.4, -0.2) is 51.8 Å². The van der Waals surface area contributed by atoms with Crippen molar-refractivity contribution in [1.29, 1.82) is 0 Å². The highest BCUT2D eigenvalue weighted by atomic mass is 16.5. The summed E-state index contributed by atoms with van der Waals surface area (Å²) in [6, 6.07) is 12.4. The molecule has 1 saturated heterocycles. The lowest BCUT2D eigenvalue weighted by atomic mass is 10.1. The van der Waals surface area contributed by atoms with Gasteiger partial charge in [-0.05, 0) is 30.3 Å². The maximum atomic E-state index is 12.8. The zero-order chi connectivity index (χ0) is 19.9. The first kappa shape index (κ1) is 19.5. The van der Waals surface area contributed by atoms with E-state index in [1.54, 1.807) is 18.2 Å². The number of rotatable bonds is 7. The van der Waals surface area contributed by atoms with Gasteiger partial charge in [-0.25, -0.2) is 0 Å². The van der Waals surface area contributed by atoms with Crippen LogP contribution in [0.3, 0.4) is 0 Å². The average Bonchev–Trinajstić information content (AvgIpc) is 2.73. The summed E-state index contributed by atoms with van der Waals surface area (Å²) < 4.78 is 15.9. The Hall–Kier alpha value is -3.26. The molecule has 28 heavy (non-hydrogen) atoms. The fourth-order valence-corrected chi connectivity index (χ4v) is 2.93. The van der Waals surface area contributed by atoms with Crippen LogP contribution in [-0.2, 0) is 9.53 Å². The molecule has 1 fully saturated rings. The molecule has 2 amide bonds. The number of nitrogens with zero attached hydrogens (tertiary/aromatic N) is 1. The third kappa shape index (κ3) is 4.72. The van der Waals surface area contributed by atoms with Crippen molar-refractivity contribution in [2.75, 3.05) is 50.2 Å². The first-order valence-electron chi connectivity index (χ1n) is 8.90. The molecule has 1 aliphatic rings. The number of ether oxygens (including phenoxy) is 3. The van der Waals surface area contributed by atoms with Crippen LogP contribution in [0.15, 0.2) is 42.5 Å². The Morgan fingerprint density at radius 1 is 1.14 bits per heavy atom. The van der Waals surface area contributed by atoms with Gasteiger partial charge in [0.25, 0.3) is 11.8 Å². The molecule has 2 aromatic rings. The van der Waals surface area contributed by atoms with Gasteiger partial charge in [-0.3, -0.25) is 9.59 Å². The van der Waals surface area contributed by atoms with Crippen molar-refractivity contribution >= 4 is 23.2 Å². The molecule has 0 aliphatic carbocycles. The number of hydrogen-bond acceptors (Lipinski definition) is 6. The highest BCUT2D eigenvalue weighted by Gasteiger charge is 2.17. The first-order valence-corrected chi connectivity index (χ1v) is 8.90. The molecule has 148 valence electrons. The Morgan fingerprint density at radius 3 is 2.61 bits per heavy atom. The molecule has 8 nitrogen and oxygen atoms in total. The van der Waals surface area contributed by atoms with Gasteiger partial charge in [0.2, 0.25) is 0 Å². The number of hydrogen-bond donors (Lipinski definition) is 2. The Bertz CT molecular complexity index is 849. The molecule has 3 rings (SSSR count). The van der Waals surface area contributed by atoms with Gasteiger partial charge < -0.3 is 30.2 Å². The molecule has 2 aromatic carbocycles. The van der Waals surface area contributed by atoms with Gasteiger partial charge in [0.15, 0.2) is 18.1 Å². The van der Waals surface area contributed by atoms with Crippen LogP contribution in [0.4, 0.5) is 11.4 Å². The van der Waals surface area contributed by atoms with Crippen LogP contribution >= 0.6 is 0 Å². The molecule has 0 saturated carbocycles. The van der Waals surface area contributed by atoms with Crippen LogP contribution in [0.25, 0.3) is 0 Å². The number of carbonyl (C=O) groups is 2. The molecule has 0 unspecified atom stereocenters. The number of primary amides is 1. The average molecular weight is 385 g/mol. The van der Waals surface area contributed by atoms with Gasteiger partial charge in [0, 0.05) is 18.7 Å². The number of benzene rings is 2. The van der Waals surface area contributed by atoms with Crippen LogP contribution in [0, 0.1) is 0 Å². The number of methoxy groups -OCH3 is 1. The van der Waals surface area contributed by atoms with Gasteiger partial charge in [0.05, 0.1) is 31.7 Å². The Balaban J connectivity index is 1.77. The minimum Gasteiger partial charge on any atom is -0.493 e. The molecule has 0 atom stereocenters. The number of nitrogens with two attached hydrogens (primary N) is 1. The standard InChI is InChI=1S/C20H23N3O5/c1-26-18-12-14(6-7-17(18)28-13-19(21)24)20(25)22-15-4-2-3-5-16(15)23-8-10-27-11-9-23/h2-7,12H,8-11,13H2,1H3,(H2,21,24)(H,22,25). The summed E-state index contributed by atoms with van der Waals surface area (Å²) >= 11 is 0. The third-order valence-electron chi connectivity index (χ3n) is 4.30. The summed E-state index contributed by atoms with van der Waals surface area (Å²) in [7, 11) is 1.46. The van der Waals surface area contributed by atoms with Crippen molar-refractivity contribution in [1.82, 2.24) is 0 Å². The van der Waals surface area contributed by atoms with Crippen LogP contribution in [0.5, 0.6) is 11.5 Å². The van der Waals surface area contributed by atoms with E-state index in [0.29, 0.717) is 30.3 Å². The van der Waals surface area contributed by atoms with Gasteiger partial charge in [-0.15, -0.1) is 0 Å². The van der Waals surface area contributed by atoms with E-state index in [1.165, 1.54) is 7.11 Å². The largest absolute Gasteiger partial charge is 0.493 e. The number of nitrogens with one attached hydrogen (secondary N) is 1. The molecule has 0 aromatic heterocycles. The van der Waals surface area contributed by atoms with E-state index >= 15 is 0 Å². The molecule has 0 spiro atoms. The maximum absolute atomic E-state index is 12.8. The van der Waals surface area contributed by atoms with Gasteiger partial charge in [-0.1, -0.05) is 12.1 Å². The quantitative estimate of drug-likeness (QED) is 0.751. The summed E-state index contributed by atoms with van der Waals surface area (Å²) in [5.41, 5.74) is 7.17. The lowest BCUT2D eigenvalue weighted by Crippen LogP contribution is -2.36. The Morgan fingerprint density at radius 2 is 1.89 bits per heavy atom. The highest BCUT2D eigenvalue weighted by Crippen LogP contribution is 2.30. The monoisotopic (exact) mass is 385 g/mol. The molecule has 3 N–H and O–H groups in total. The predicted molar refractivity (Wildman–Crippen MR) is 105 cm³/mol. The normalized spacial score (nSPS) is 13.7. The summed E-state index contributed by atoms with van der Waals surface area (Å²) in [5, 5.41) is 2.95. The summed E-state index contributed by atoms with van der Waals surface area (Å²) in [6.45, 7) is 2.59. The molecule has 1 heterocycles. The molecule has 8 heteroatoms. The second-order valence-corrected chi connectivity index (χ2v) is 6.19. The van der Waals surface area contributed by atoms with Crippen LogP contribution < -0.4 is 25.4 Å². The minimum absolute atomic E-state index is 0.269. The Kier molecular flexibility index (Phi) is 6.33. The van der Waals surface area contributed by atoms with Gasteiger partial charge >= 0.3 is 0 Å². The van der Waals surface area contributed by atoms with Crippen molar-refractivity contribution < 1.29 is 23.8 Å². The van der Waals surface area contributed by atoms with E-state index in [-0.39, 0.29) is 12.5 Å². The van der Waals surface area contributed by atoms with E-state index in [9.17, 15) is 9.59 Å². The molecule has 0 bridgehead atoms. The number of carbonyl (C=O) groups excluding carboxylic acids is 2. The summed E-state index contributed by atoms with van der Waals surface area (Å²) in [6.07, 6.45) is 0. The van der Waals surface area contributed by atoms with Gasteiger partial charge in [-0.2, -0.15) is 0 Å². The van der Waals surface area contributed by atoms with E-state index in [4.69, 9.17) is 19.9 Å². The second kappa shape index (κ2) is 9.09. The van der Waals surface area contributed by atoms with Crippen molar-refractivity contribution in [3.63, 3.8) is 0 Å². The number of anilines is 2. The topological polar surface area (TPSA) is 103 Å². The molecular weight excluding hydrogens is 362 g/mol. The zero-order valence-electron chi connectivity index (χ0n) is 15.6. The molecule has 0 radical (unpaired) electrons. The number of morpholine rings is 1. The fourth-order valence-electron chi connectivity index (χ4n) is 2.93. The molecular formula is C20H23N3O5. The van der Waals surface area contributed by atoms with Crippen LogP contribution in [0.1, 0.15) is 10.4 Å². The van der Waals surface area contributed by atoms with Crippen molar-refractivity contribution in [2.24, 2.45) is 5.73 Å². The number of amides is 2. The lowest BCUT2D eigenvalue weighted by Gasteiger charge is -2.30. The second-order valence-electron chi connectivity index (χ2n) is 6.19. The van der Waals surface area contributed by atoms with E-state index in [0.717, 1.165) is 24.5 Å². The third-order valence-corrected chi connectivity index (χ3v) is 4.30. The predicted octanol–water partition coefficient (Wildman–Crippen LogP) is 1.65. The van der Waals surface area contributed by atoms with Crippen LogP contribution in [0.2, 0.25) is 0 Å². The Labute approximate surface area is 163 Å². The van der Waals surface area contributed by atoms with Crippen molar-refractivity contribution in [3.8, 4) is 11.5 Å². The smallest absolute Gasteiger partial charge is 0.255 e. The fraction of sp³-hybridized carbons (Fsp3) is 0.300. The van der Waals surface area contributed by atoms with E-state index in [2.05, 4.69) is 10.2 Å². The highest BCUT2D eigenvalue weighted by molar-refractivity contribution is 6.06. The zero-order valence-corrected chi connectivity index (χ0v) is 15.6.